The van der Waals surface area contributed by atoms with E-state index in [0.717, 1.165) is 55.7 Å². The number of aliphatic imine (C=N–C) groups is 1. The number of piperidine rings is 1. The summed E-state index contributed by atoms with van der Waals surface area (Å²) < 4.78 is 0. The Kier molecular flexibility index (Phi) is 8.75. The lowest BCUT2D eigenvalue weighted by atomic mass is 10.1. The highest BCUT2D eigenvalue weighted by atomic mass is 127. The number of anilines is 1. The summed E-state index contributed by atoms with van der Waals surface area (Å²) in [4.78, 5) is 17.0. The molecule has 0 radical (unpaired) electrons. The third-order valence-electron chi connectivity index (χ3n) is 4.64. The van der Waals surface area contributed by atoms with E-state index in [1.807, 2.05) is 19.4 Å². The average Bonchev–Trinajstić information content (AvgIpc) is 3.14. The average molecular weight is 500 g/mol. The molecule has 0 amide bonds. The predicted molar refractivity (Wildman–Crippen MR) is 124 cm³/mol. The van der Waals surface area contributed by atoms with E-state index in [9.17, 15) is 0 Å². The number of hydrogen-bond donors (Lipinski definition) is 2. The van der Waals surface area contributed by atoms with Crippen molar-refractivity contribution in [1.29, 1.82) is 0 Å². The van der Waals surface area contributed by atoms with Crippen LogP contribution in [0.2, 0.25) is 0 Å². The number of halogens is 1. The summed E-state index contributed by atoms with van der Waals surface area (Å²) in [6.07, 6.45) is 7.10. The predicted octanol–water partition coefficient (Wildman–Crippen LogP) is 3.36. The molecule has 0 bridgehead atoms. The largest absolute Gasteiger partial charge is 0.356 e. The van der Waals surface area contributed by atoms with Crippen molar-refractivity contribution < 1.29 is 0 Å². The molecule has 1 saturated heterocycles. The maximum atomic E-state index is 4.54. The first-order valence-electron chi connectivity index (χ1n) is 9.26. The van der Waals surface area contributed by atoms with Gasteiger partial charge in [0.05, 0.1) is 6.54 Å². The van der Waals surface area contributed by atoms with Gasteiger partial charge in [-0.3, -0.25) is 4.99 Å². The van der Waals surface area contributed by atoms with Crippen LogP contribution in [0.3, 0.4) is 0 Å². The summed E-state index contributed by atoms with van der Waals surface area (Å²) in [5.74, 6) is 1.93. The molecule has 1 aliphatic rings. The van der Waals surface area contributed by atoms with Crippen molar-refractivity contribution in [3.63, 3.8) is 0 Å². The van der Waals surface area contributed by atoms with Gasteiger partial charge < -0.3 is 15.5 Å². The van der Waals surface area contributed by atoms with E-state index >= 15 is 0 Å². The summed E-state index contributed by atoms with van der Waals surface area (Å²) in [7, 11) is 1.82. The van der Waals surface area contributed by atoms with Gasteiger partial charge in [0.1, 0.15) is 10.8 Å². The molecule has 3 rings (SSSR count). The van der Waals surface area contributed by atoms with E-state index in [1.54, 1.807) is 11.3 Å². The van der Waals surface area contributed by atoms with Crippen LogP contribution in [0.1, 0.15) is 35.2 Å². The normalized spacial score (nSPS) is 15.4. The van der Waals surface area contributed by atoms with Crippen molar-refractivity contribution in [1.82, 2.24) is 20.6 Å². The molecule has 8 heteroatoms. The van der Waals surface area contributed by atoms with Crippen LogP contribution in [0, 0.1) is 6.92 Å². The van der Waals surface area contributed by atoms with Crippen molar-refractivity contribution in [2.45, 2.75) is 45.7 Å². The molecule has 27 heavy (non-hydrogen) atoms. The molecular weight excluding hydrogens is 471 g/mol. The molecule has 0 saturated carbocycles. The van der Waals surface area contributed by atoms with E-state index in [4.69, 9.17) is 0 Å². The molecule has 3 heterocycles. The molecule has 1 fully saturated rings. The second kappa shape index (κ2) is 10.8. The third kappa shape index (κ3) is 6.31. The maximum Gasteiger partial charge on any atom is 0.191 e. The Morgan fingerprint density at radius 1 is 1.26 bits per heavy atom. The number of aryl methyl sites for hydroxylation is 2. The van der Waals surface area contributed by atoms with Crippen molar-refractivity contribution in [2.75, 3.05) is 25.0 Å². The van der Waals surface area contributed by atoms with Crippen molar-refractivity contribution in [3.05, 3.63) is 40.0 Å². The molecule has 1 aliphatic heterocycles. The fourth-order valence-corrected chi connectivity index (χ4v) is 3.84. The number of hydrogen-bond acceptors (Lipinski definition) is 5. The highest BCUT2D eigenvalue weighted by molar-refractivity contribution is 14.0. The van der Waals surface area contributed by atoms with Gasteiger partial charge in [0.15, 0.2) is 5.96 Å². The van der Waals surface area contributed by atoms with Gasteiger partial charge in [0, 0.05) is 43.4 Å². The van der Waals surface area contributed by atoms with Crippen molar-refractivity contribution >= 4 is 47.1 Å². The standard InChI is InChI=1S/C19H28N6S.HI/c1-4-16-12-22-18(26-16)13-23-19(20-3)24-15-7-9-25(10-8-15)17-6-5-14(2)11-21-17;/h5-6,11-12,15H,4,7-10,13H2,1-3H3,(H2,20,23,24);1H. The fraction of sp³-hybridized carbons (Fsp3) is 0.526. The van der Waals surface area contributed by atoms with Gasteiger partial charge >= 0.3 is 0 Å². The van der Waals surface area contributed by atoms with Crippen LogP contribution in [0.15, 0.2) is 29.5 Å². The van der Waals surface area contributed by atoms with Crippen LogP contribution >= 0.6 is 35.3 Å². The molecule has 2 aromatic heterocycles. The Hall–Kier alpha value is -1.42. The Bertz CT molecular complexity index is 722. The number of thiazole rings is 1. The smallest absolute Gasteiger partial charge is 0.191 e. The Morgan fingerprint density at radius 2 is 2.04 bits per heavy atom. The zero-order valence-corrected chi connectivity index (χ0v) is 19.4. The zero-order chi connectivity index (χ0) is 18.4. The van der Waals surface area contributed by atoms with E-state index < -0.39 is 0 Å². The highest BCUT2D eigenvalue weighted by Gasteiger charge is 2.20. The van der Waals surface area contributed by atoms with Crippen LogP contribution < -0.4 is 15.5 Å². The second-order valence-electron chi connectivity index (χ2n) is 6.60. The number of aromatic nitrogens is 2. The minimum Gasteiger partial charge on any atom is -0.356 e. The quantitative estimate of drug-likeness (QED) is 0.375. The first-order chi connectivity index (χ1) is 12.7. The summed E-state index contributed by atoms with van der Waals surface area (Å²) in [6.45, 7) is 6.97. The summed E-state index contributed by atoms with van der Waals surface area (Å²) in [5, 5.41) is 8.03. The van der Waals surface area contributed by atoms with E-state index in [1.165, 1.54) is 10.4 Å². The molecule has 148 valence electrons. The van der Waals surface area contributed by atoms with Gasteiger partial charge in [0.25, 0.3) is 0 Å². The molecule has 0 atom stereocenters. The van der Waals surface area contributed by atoms with E-state index in [0.29, 0.717) is 6.04 Å². The number of rotatable bonds is 5. The summed E-state index contributed by atoms with van der Waals surface area (Å²) in [6, 6.07) is 4.67. The molecule has 0 aromatic carbocycles. The lowest BCUT2D eigenvalue weighted by Crippen LogP contribution is -2.48. The van der Waals surface area contributed by atoms with Crippen LogP contribution in [0.5, 0.6) is 0 Å². The number of nitrogens with one attached hydrogen (secondary N) is 2. The van der Waals surface area contributed by atoms with Gasteiger partial charge in [-0.15, -0.1) is 35.3 Å². The lowest BCUT2D eigenvalue weighted by molar-refractivity contribution is 0.459. The molecule has 2 N–H and O–H groups in total. The van der Waals surface area contributed by atoms with Crippen LogP contribution in [0.4, 0.5) is 5.82 Å². The minimum atomic E-state index is 0. The van der Waals surface area contributed by atoms with Crippen LogP contribution in [-0.2, 0) is 13.0 Å². The van der Waals surface area contributed by atoms with Crippen LogP contribution in [0.25, 0.3) is 0 Å². The first-order valence-corrected chi connectivity index (χ1v) is 10.1. The molecule has 0 aliphatic carbocycles. The molecule has 0 spiro atoms. The third-order valence-corrected chi connectivity index (χ3v) is 5.78. The van der Waals surface area contributed by atoms with Gasteiger partial charge in [0.2, 0.25) is 0 Å². The zero-order valence-electron chi connectivity index (χ0n) is 16.2. The van der Waals surface area contributed by atoms with E-state index in [2.05, 4.69) is 56.5 Å². The van der Waals surface area contributed by atoms with Gasteiger partial charge in [-0.2, -0.15) is 0 Å². The summed E-state index contributed by atoms with van der Waals surface area (Å²) >= 11 is 1.76. The lowest BCUT2D eigenvalue weighted by Gasteiger charge is -2.33. The maximum absolute atomic E-state index is 4.54. The van der Waals surface area contributed by atoms with Gasteiger partial charge in [-0.1, -0.05) is 13.0 Å². The summed E-state index contributed by atoms with van der Waals surface area (Å²) in [5.41, 5.74) is 1.20. The number of pyridine rings is 1. The SMILES string of the molecule is CCc1cnc(CNC(=NC)NC2CCN(c3ccc(C)cn3)CC2)s1.I. The fourth-order valence-electron chi connectivity index (χ4n) is 3.04. The van der Waals surface area contributed by atoms with Gasteiger partial charge in [-0.05, 0) is 37.8 Å². The monoisotopic (exact) mass is 500 g/mol. The van der Waals surface area contributed by atoms with Crippen molar-refractivity contribution in [3.8, 4) is 0 Å². The first kappa shape index (κ1) is 21.9. The molecule has 0 unspecified atom stereocenters. The number of guanidine groups is 1. The topological polar surface area (TPSA) is 65.4 Å². The van der Waals surface area contributed by atoms with Gasteiger partial charge in [-0.25, -0.2) is 9.97 Å². The molecule has 6 nitrogen and oxygen atoms in total. The minimum absolute atomic E-state index is 0. The van der Waals surface area contributed by atoms with Crippen molar-refractivity contribution in [2.24, 2.45) is 4.99 Å². The Morgan fingerprint density at radius 3 is 2.63 bits per heavy atom. The Balaban J connectivity index is 0.00000261. The number of nitrogens with zero attached hydrogens (tertiary/aromatic N) is 4. The molecular formula is C19H29IN6S. The van der Waals surface area contributed by atoms with E-state index in [-0.39, 0.29) is 24.0 Å². The highest BCUT2D eigenvalue weighted by Crippen LogP contribution is 2.18. The second-order valence-corrected chi connectivity index (χ2v) is 7.80. The Labute approximate surface area is 182 Å². The molecule has 2 aromatic rings. The van der Waals surface area contributed by atoms with Crippen LogP contribution in [-0.4, -0.2) is 42.1 Å².